The van der Waals surface area contributed by atoms with Crippen molar-refractivity contribution in [1.82, 2.24) is 9.80 Å². The fourth-order valence-corrected chi connectivity index (χ4v) is 3.51. The van der Waals surface area contributed by atoms with Gasteiger partial charge in [-0.3, -0.25) is 14.9 Å². The minimum Gasteiger partial charge on any atom is -0.372 e. The van der Waals surface area contributed by atoms with Gasteiger partial charge in [-0.25, -0.2) is 0 Å². The predicted molar refractivity (Wildman–Crippen MR) is 104 cm³/mol. The molecule has 0 atom stereocenters. The summed E-state index contributed by atoms with van der Waals surface area (Å²) in [5.74, 6) is -0.185. The first-order valence-corrected chi connectivity index (χ1v) is 9.22. The molecule has 7 heteroatoms. The van der Waals surface area contributed by atoms with E-state index < -0.39 is 4.92 Å². The summed E-state index contributed by atoms with van der Waals surface area (Å²) in [4.78, 5) is 29.2. The first-order chi connectivity index (χ1) is 12.3. The highest BCUT2D eigenvalue weighted by Gasteiger charge is 2.22. The number of benzene rings is 1. The number of carbonyl (C=O) groups excluding carboxylic acids is 1. The SMILES string of the molecule is CN(CCN(C)C1CCCCC1)C(=O)c1ccc(N(C)C)c([N+](=O)[O-])c1. The van der Waals surface area contributed by atoms with Gasteiger partial charge in [0.25, 0.3) is 11.6 Å². The first-order valence-electron chi connectivity index (χ1n) is 9.22. The van der Waals surface area contributed by atoms with Gasteiger partial charge in [0.05, 0.1) is 4.92 Å². The lowest BCUT2D eigenvalue weighted by molar-refractivity contribution is -0.384. The summed E-state index contributed by atoms with van der Waals surface area (Å²) in [6.07, 6.45) is 6.35. The van der Waals surface area contributed by atoms with Crippen molar-refractivity contribution in [2.24, 2.45) is 0 Å². The van der Waals surface area contributed by atoms with Crippen LogP contribution in [0.5, 0.6) is 0 Å². The summed E-state index contributed by atoms with van der Waals surface area (Å²) >= 11 is 0. The van der Waals surface area contributed by atoms with Crippen LogP contribution in [0.4, 0.5) is 11.4 Å². The second-order valence-electron chi connectivity index (χ2n) is 7.35. The summed E-state index contributed by atoms with van der Waals surface area (Å²) < 4.78 is 0. The molecule has 2 rings (SSSR count). The van der Waals surface area contributed by atoms with E-state index in [1.165, 1.54) is 38.2 Å². The summed E-state index contributed by atoms with van der Waals surface area (Å²) in [6, 6.07) is 5.27. The molecule has 1 aliphatic rings. The van der Waals surface area contributed by atoms with Crippen LogP contribution in [0, 0.1) is 10.1 Å². The average Bonchev–Trinajstić information content (AvgIpc) is 2.65. The van der Waals surface area contributed by atoms with Gasteiger partial charge >= 0.3 is 0 Å². The zero-order chi connectivity index (χ0) is 19.3. The van der Waals surface area contributed by atoms with Crippen LogP contribution in [0.15, 0.2) is 18.2 Å². The van der Waals surface area contributed by atoms with Crippen molar-refractivity contribution < 1.29 is 9.72 Å². The van der Waals surface area contributed by atoms with Crippen molar-refractivity contribution in [3.8, 4) is 0 Å². The van der Waals surface area contributed by atoms with Gasteiger partial charge in [0.2, 0.25) is 0 Å². The molecular weight excluding hydrogens is 332 g/mol. The molecule has 0 radical (unpaired) electrons. The van der Waals surface area contributed by atoms with Gasteiger partial charge in [0, 0.05) is 51.9 Å². The maximum Gasteiger partial charge on any atom is 0.293 e. The predicted octanol–water partition coefficient (Wildman–Crippen LogP) is 3.00. The number of nitrogens with zero attached hydrogens (tertiary/aromatic N) is 4. The third-order valence-corrected chi connectivity index (χ3v) is 5.23. The highest BCUT2D eigenvalue weighted by molar-refractivity contribution is 5.95. The second-order valence-corrected chi connectivity index (χ2v) is 7.35. The Morgan fingerprint density at radius 3 is 2.35 bits per heavy atom. The Morgan fingerprint density at radius 1 is 1.12 bits per heavy atom. The molecule has 0 aromatic heterocycles. The van der Waals surface area contributed by atoms with Gasteiger partial charge in [-0.15, -0.1) is 0 Å². The van der Waals surface area contributed by atoms with E-state index >= 15 is 0 Å². The van der Waals surface area contributed by atoms with E-state index in [1.807, 2.05) is 0 Å². The highest BCUT2D eigenvalue weighted by Crippen LogP contribution is 2.28. The summed E-state index contributed by atoms with van der Waals surface area (Å²) in [6.45, 7) is 1.42. The molecule has 0 aliphatic heterocycles. The third kappa shape index (κ3) is 4.94. The van der Waals surface area contributed by atoms with E-state index in [1.54, 1.807) is 43.1 Å². The van der Waals surface area contributed by atoms with Crippen molar-refractivity contribution in [2.45, 2.75) is 38.1 Å². The lowest BCUT2D eigenvalue weighted by Gasteiger charge is -2.32. The van der Waals surface area contributed by atoms with Crippen LogP contribution in [-0.2, 0) is 0 Å². The number of carbonyl (C=O) groups is 1. The van der Waals surface area contributed by atoms with Gasteiger partial charge in [0.1, 0.15) is 5.69 Å². The minimum atomic E-state index is -0.442. The van der Waals surface area contributed by atoms with Crippen LogP contribution in [0.3, 0.4) is 0 Å². The standard InChI is InChI=1S/C19H30N4O3/c1-20(2)17-11-10-15(14-18(17)23(25)26)19(24)22(4)13-12-21(3)16-8-6-5-7-9-16/h10-11,14,16H,5-9,12-13H2,1-4H3. The molecule has 26 heavy (non-hydrogen) atoms. The van der Waals surface area contributed by atoms with Crippen LogP contribution in [0.25, 0.3) is 0 Å². The zero-order valence-electron chi connectivity index (χ0n) is 16.3. The van der Waals surface area contributed by atoms with E-state index in [9.17, 15) is 14.9 Å². The number of nitro groups is 1. The lowest BCUT2D eigenvalue weighted by atomic mass is 9.94. The molecule has 1 saturated carbocycles. The van der Waals surface area contributed by atoms with Gasteiger partial charge in [-0.05, 0) is 32.0 Å². The quantitative estimate of drug-likeness (QED) is 0.551. The van der Waals surface area contributed by atoms with Gasteiger partial charge in [-0.2, -0.15) is 0 Å². The summed E-state index contributed by atoms with van der Waals surface area (Å²) in [5, 5.41) is 11.3. The monoisotopic (exact) mass is 362 g/mol. The molecule has 7 nitrogen and oxygen atoms in total. The smallest absolute Gasteiger partial charge is 0.293 e. The van der Waals surface area contributed by atoms with Crippen LogP contribution in [0.2, 0.25) is 0 Å². The Bertz CT molecular complexity index is 642. The molecule has 0 saturated heterocycles. The Hall–Kier alpha value is -2.15. The van der Waals surface area contributed by atoms with Crippen molar-refractivity contribution in [3.05, 3.63) is 33.9 Å². The van der Waals surface area contributed by atoms with E-state index in [4.69, 9.17) is 0 Å². The van der Waals surface area contributed by atoms with Crippen LogP contribution in [0.1, 0.15) is 42.5 Å². The molecule has 0 unspecified atom stereocenters. The van der Waals surface area contributed by atoms with Crippen LogP contribution >= 0.6 is 0 Å². The number of hydrogen-bond acceptors (Lipinski definition) is 5. The highest BCUT2D eigenvalue weighted by atomic mass is 16.6. The van der Waals surface area contributed by atoms with Crippen LogP contribution < -0.4 is 4.90 Å². The lowest BCUT2D eigenvalue weighted by Crippen LogP contribution is -2.40. The Kier molecular flexibility index (Phi) is 6.97. The molecule has 0 N–H and O–H groups in total. The Morgan fingerprint density at radius 2 is 1.77 bits per heavy atom. The largest absolute Gasteiger partial charge is 0.372 e. The molecular formula is C19H30N4O3. The Labute approximate surface area is 155 Å². The number of likely N-dealkylation sites (N-methyl/N-ethyl adjacent to an activating group) is 2. The van der Waals surface area contributed by atoms with E-state index in [0.717, 1.165) is 6.54 Å². The molecule has 1 aromatic carbocycles. The maximum absolute atomic E-state index is 12.7. The number of anilines is 1. The van der Waals surface area contributed by atoms with Crippen molar-refractivity contribution in [1.29, 1.82) is 0 Å². The second kappa shape index (κ2) is 8.98. The Balaban J connectivity index is 2.01. The van der Waals surface area contributed by atoms with E-state index in [0.29, 0.717) is 23.8 Å². The van der Waals surface area contributed by atoms with Gasteiger partial charge in [-0.1, -0.05) is 19.3 Å². The average molecular weight is 362 g/mol. The normalized spacial score (nSPS) is 15.1. The maximum atomic E-state index is 12.7. The molecule has 1 aromatic rings. The molecule has 144 valence electrons. The molecule has 0 bridgehead atoms. The first kappa shape index (κ1) is 20.2. The van der Waals surface area contributed by atoms with E-state index in [2.05, 4.69) is 11.9 Å². The fraction of sp³-hybridized carbons (Fsp3) is 0.632. The van der Waals surface area contributed by atoms with Gasteiger partial charge in [0.15, 0.2) is 0 Å². The molecule has 1 fully saturated rings. The van der Waals surface area contributed by atoms with Crippen molar-refractivity contribution >= 4 is 17.3 Å². The molecule has 1 amide bonds. The van der Waals surface area contributed by atoms with Crippen molar-refractivity contribution in [2.75, 3.05) is 46.2 Å². The van der Waals surface area contributed by atoms with E-state index in [-0.39, 0.29) is 11.6 Å². The molecule has 1 aliphatic carbocycles. The van der Waals surface area contributed by atoms with Gasteiger partial charge < -0.3 is 14.7 Å². The molecule has 0 spiro atoms. The summed E-state index contributed by atoms with van der Waals surface area (Å²) in [5.41, 5.74) is 0.796. The van der Waals surface area contributed by atoms with Crippen molar-refractivity contribution in [3.63, 3.8) is 0 Å². The number of hydrogen-bond donors (Lipinski definition) is 0. The van der Waals surface area contributed by atoms with Crippen LogP contribution in [-0.4, -0.2) is 68.0 Å². The molecule has 0 heterocycles. The zero-order valence-corrected chi connectivity index (χ0v) is 16.3. The summed E-state index contributed by atoms with van der Waals surface area (Å²) in [7, 11) is 7.36. The number of amides is 1. The third-order valence-electron chi connectivity index (χ3n) is 5.23. The number of rotatable bonds is 7. The fourth-order valence-electron chi connectivity index (χ4n) is 3.51. The number of nitro benzene ring substituents is 1. The topological polar surface area (TPSA) is 69.9 Å². The minimum absolute atomic E-state index is 0.0476.